The Kier molecular flexibility index (Phi) is 3.27. The maximum Gasteiger partial charge on any atom is 0.0412 e. The molecule has 0 spiro atoms. The second-order valence-corrected chi connectivity index (χ2v) is 4.57. The van der Waals surface area contributed by atoms with Crippen LogP contribution in [0.1, 0.15) is 31.2 Å². The molecular formula is C13H20N2. The van der Waals surface area contributed by atoms with Crippen molar-refractivity contribution in [2.75, 3.05) is 5.32 Å². The van der Waals surface area contributed by atoms with Gasteiger partial charge >= 0.3 is 0 Å². The average molecular weight is 204 g/mol. The average Bonchev–Trinajstić information content (AvgIpc) is 2.22. The quantitative estimate of drug-likeness (QED) is 0.777. The number of hydrogen-bond donors (Lipinski definition) is 2. The Balaban J connectivity index is 2.01. The van der Waals surface area contributed by atoms with Crippen LogP contribution in [0.3, 0.4) is 0 Å². The molecular weight excluding hydrogens is 184 g/mol. The summed E-state index contributed by atoms with van der Waals surface area (Å²) in [5.41, 5.74) is 8.60. The van der Waals surface area contributed by atoms with Gasteiger partial charge in [-0.2, -0.15) is 0 Å². The van der Waals surface area contributed by atoms with E-state index in [4.69, 9.17) is 5.73 Å². The zero-order valence-electron chi connectivity index (χ0n) is 9.37. The number of hydrogen-bond acceptors (Lipinski definition) is 2. The number of anilines is 1. The van der Waals surface area contributed by atoms with E-state index in [-0.39, 0.29) is 0 Å². The molecule has 0 amide bonds. The van der Waals surface area contributed by atoms with Crippen LogP contribution in [-0.2, 0) is 0 Å². The van der Waals surface area contributed by atoms with Crippen molar-refractivity contribution in [3.05, 3.63) is 29.8 Å². The summed E-state index contributed by atoms with van der Waals surface area (Å²) in [5.74, 6) is 0. The molecule has 0 radical (unpaired) electrons. The molecule has 0 bridgehead atoms. The molecule has 1 saturated carbocycles. The fourth-order valence-electron chi connectivity index (χ4n) is 2.29. The van der Waals surface area contributed by atoms with Gasteiger partial charge in [-0.05, 0) is 37.5 Å². The van der Waals surface area contributed by atoms with E-state index in [2.05, 4.69) is 36.5 Å². The lowest BCUT2D eigenvalue weighted by Gasteiger charge is -2.30. The summed E-state index contributed by atoms with van der Waals surface area (Å²) in [5, 5.41) is 3.55. The minimum absolute atomic E-state index is 0.319. The van der Waals surface area contributed by atoms with Crippen LogP contribution in [0.15, 0.2) is 24.3 Å². The highest BCUT2D eigenvalue weighted by molar-refractivity contribution is 5.46. The summed E-state index contributed by atoms with van der Waals surface area (Å²) in [6.07, 6.45) is 4.95. The van der Waals surface area contributed by atoms with E-state index in [1.807, 2.05) is 0 Å². The molecule has 15 heavy (non-hydrogen) atoms. The third-order valence-corrected chi connectivity index (χ3v) is 3.19. The second-order valence-electron chi connectivity index (χ2n) is 4.57. The van der Waals surface area contributed by atoms with Gasteiger partial charge < -0.3 is 11.1 Å². The Labute approximate surface area is 91.9 Å². The van der Waals surface area contributed by atoms with Gasteiger partial charge in [0, 0.05) is 17.8 Å². The largest absolute Gasteiger partial charge is 0.381 e. The van der Waals surface area contributed by atoms with Crippen LogP contribution in [0.25, 0.3) is 0 Å². The van der Waals surface area contributed by atoms with Crippen LogP contribution in [0.4, 0.5) is 5.69 Å². The van der Waals surface area contributed by atoms with Crippen LogP contribution in [0, 0.1) is 6.92 Å². The van der Waals surface area contributed by atoms with E-state index in [9.17, 15) is 0 Å². The minimum atomic E-state index is 0.319. The van der Waals surface area contributed by atoms with Crippen molar-refractivity contribution in [2.24, 2.45) is 5.73 Å². The Morgan fingerprint density at radius 2 is 2.07 bits per heavy atom. The van der Waals surface area contributed by atoms with E-state index >= 15 is 0 Å². The monoisotopic (exact) mass is 204 g/mol. The summed E-state index contributed by atoms with van der Waals surface area (Å²) < 4.78 is 0. The van der Waals surface area contributed by atoms with Gasteiger partial charge in [-0.1, -0.05) is 25.0 Å². The van der Waals surface area contributed by atoms with Crippen LogP contribution in [0.5, 0.6) is 0 Å². The van der Waals surface area contributed by atoms with Crippen molar-refractivity contribution in [2.45, 2.75) is 44.7 Å². The van der Waals surface area contributed by atoms with Crippen molar-refractivity contribution in [1.82, 2.24) is 0 Å². The zero-order valence-corrected chi connectivity index (χ0v) is 9.37. The molecule has 3 N–H and O–H groups in total. The summed E-state index contributed by atoms with van der Waals surface area (Å²) in [7, 11) is 0. The molecule has 1 fully saturated rings. The summed E-state index contributed by atoms with van der Waals surface area (Å²) >= 11 is 0. The van der Waals surface area contributed by atoms with E-state index in [0.717, 1.165) is 6.42 Å². The van der Waals surface area contributed by atoms with Crippen molar-refractivity contribution < 1.29 is 0 Å². The molecule has 1 aliphatic carbocycles. The van der Waals surface area contributed by atoms with E-state index < -0.39 is 0 Å². The normalized spacial score (nSPS) is 26.3. The first-order chi connectivity index (χ1) is 7.25. The molecule has 0 unspecified atom stereocenters. The molecule has 0 saturated heterocycles. The van der Waals surface area contributed by atoms with Crippen molar-refractivity contribution in [3.8, 4) is 0 Å². The lowest BCUT2D eigenvalue weighted by atomic mass is 9.91. The molecule has 2 heteroatoms. The lowest BCUT2D eigenvalue weighted by Crippen LogP contribution is -2.42. The SMILES string of the molecule is Cc1cccc(N[C@@H]2CCCC[C@H]2N)c1. The molecule has 0 heterocycles. The Morgan fingerprint density at radius 3 is 2.80 bits per heavy atom. The van der Waals surface area contributed by atoms with Crippen LogP contribution >= 0.6 is 0 Å². The molecule has 2 nitrogen and oxygen atoms in total. The summed E-state index contributed by atoms with van der Waals surface area (Å²) in [6.45, 7) is 2.12. The first-order valence-corrected chi connectivity index (χ1v) is 5.84. The molecule has 1 aromatic carbocycles. The predicted octanol–water partition coefficient (Wildman–Crippen LogP) is 2.68. The molecule has 1 aliphatic rings. The fourth-order valence-corrected chi connectivity index (χ4v) is 2.29. The molecule has 0 aromatic heterocycles. The highest BCUT2D eigenvalue weighted by Crippen LogP contribution is 2.21. The number of nitrogens with two attached hydrogens (primary N) is 1. The van der Waals surface area contributed by atoms with Gasteiger partial charge in [0.25, 0.3) is 0 Å². The van der Waals surface area contributed by atoms with Gasteiger partial charge in [-0.15, -0.1) is 0 Å². The number of nitrogens with one attached hydrogen (secondary N) is 1. The molecule has 82 valence electrons. The number of aryl methyl sites for hydroxylation is 1. The Bertz CT molecular complexity index is 322. The zero-order chi connectivity index (χ0) is 10.7. The number of rotatable bonds is 2. The Morgan fingerprint density at radius 1 is 1.27 bits per heavy atom. The minimum Gasteiger partial charge on any atom is -0.381 e. The lowest BCUT2D eigenvalue weighted by molar-refractivity contribution is 0.404. The first kappa shape index (κ1) is 10.5. The van der Waals surface area contributed by atoms with Crippen LogP contribution in [0.2, 0.25) is 0 Å². The predicted molar refractivity (Wildman–Crippen MR) is 65.0 cm³/mol. The molecule has 2 atom stereocenters. The Hall–Kier alpha value is -1.02. The van der Waals surface area contributed by atoms with Gasteiger partial charge in [0.1, 0.15) is 0 Å². The van der Waals surface area contributed by atoms with Crippen LogP contribution < -0.4 is 11.1 Å². The van der Waals surface area contributed by atoms with Gasteiger partial charge in [0.15, 0.2) is 0 Å². The highest BCUT2D eigenvalue weighted by atomic mass is 15.0. The van der Waals surface area contributed by atoms with Gasteiger partial charge in [-0.25, -0.2) is 0 Å². The third kappa shape index (κ3) is 2.72. The van der Waals surface area contributed by atoms with Crippen molar-refractivity contribution in [3.63, 3.8) is 0 Å². The van der Waals surface area contributed by atoms with Gasteiger partial charge in [0.2, 0.25) is 0 Å². The smallest absolute Gasteiger partial charge is 0.0412 e. The summed E-state index contributed by atoms with van der Waals surface area (Å²) in [4.78, 5) is 0. The van der Waals surface area contributed by atoms with Crippen LogP contribution in [-0.4, -0.2) is 12.1 Å². The first-order valence-electron chi connectivity index (χ1n) is 5.84. The highest BCUT2D eigenvalue weighted by Gasteiger charge is 2.21. The number of benzene rings is 1. The van der Waals surface area contributed by atoms with Crippen molar-refractivity contribution in [1.29, 1.82) is 0 Å². The molecule has 0 aliphatic heterocycles. The standard InChI is InChI=1S/C13H20N2/c1-10-5-4-6-11(9-10)15-13-8-3-2-7-12(13)14/h4-6,9,12-13,15H,2-3,7-8,14H2,1H3/t12-,13-/m1/s1. The van der Waals surface area contributed by atoms with Gasteiger partial charge in [-0.3, -0.25) is 0 Å². The van der Waals surface area contributed by atoms with E-state index in [0.29, 0.717) is 12.1 Å². The second kappa shape index (κ2) is 4.67. The molecule has 1 aromatic rings. The maximum atomic E-state index is 6.10. The third-order valence-electron chi connectivity index (χ3n) is 3.19. The topological polar surface area (TPSA) is 38.0 Å². The van der Waals surface area contributed by atoms with E-state index in [1.54, 1.807) is 0 Å². The van der Waals surface area contributed by atoms with Gasteiger partial charge in [0.05, 0.1) is 0 Å². The molecule has 2 rings (SSSR count). The fraction of sp³-hybridized carbons (Fsp3) is 0.538. The van der Waals surface area contributed by atoms with E-state index in [1.165, 1.54) is 30.5 Å². The summed E-state index contributed by atoms with van der Waals surface area (Å²) in [6, 6.07) is 9.29. The van der Waals surface area contributed by atoms with Crippen molar-refractivity contribution >= 4 is 5.69 Å². The maximum absolute atomic E-state index is 6.10.